The minimum atomic E-state index is 0.0571. The first-order chi connectivity index (χ1) is 14.2. The molecule has 0 bridgehead atoms. The molecule has 0 atom stereocenters. The molecule has 0 saturated carbocycles. The van der Waals surface area contributed by atoms with E-state index in [4.69, 9.17) is 4.74 Å². The summed E-state index contributed by atoms with van der Waals surface area (Å²) < 4.78 is 6.31. The third-order valence-corrected chi connectivity index (χ3v) is 5.98. The Hall–Kier alpha value is -3.11. The van der Waals surface area contributed by atoms with Gasteiger partial charge in [0.05, 0.1) is 12.8 Å². The van der Waals surface area contributed by atoms with Crippen LogP contribution >= 0.6 is 11.3 Å². The van der Waals surface area contributed by atoms with Crippen LogP contribution < -0.4 is 15.1 Å². The SMILES string of the molecule is COc1ccc2scc(N(CCc3ccccc3)Cc3ccccc3)c(=O)c2c1. The Balaban J connectivity index is 1.71. The summed E-state index contributed by atoms with van der Waals surface area (Å²) in [4.78, 5) is 15.5. The van der Waals surface area contributed by atoms with Crippen molar-refractivity contribution in [1.82, 2.24) is 0 Å². The fourth-order valence-electron chi connectivity index (χ4n) is 3.44. The number of benzene rings is 3. The van der Waals surface area contributed by atoms with Gasteiger partial charge in [0.15, 0.2) is 0 Å². The Morgan fingerprint density at radius 2 is 1.59 bits per heavy atom. The molecular weight excluding hydrogens is 378 g/mol. The number of nitrogens with zero attached hydrogens (tertiary/aromatic N) is 1. The van der Waals surface area contributed by atoms with E-state index >= 15 is 0 Å². The van der Waals surface area contributed by atoms with Gasteiger partial charge in [0, 0.05) is 28.6 Å². The minimum Gasteiger partial charge on any atom is -0.497 e. The normalized spacial score (nSPS) is 10.8. The second-order valence-corrected chi connectivity index (χ2v) is 7.87. The topological polar surface area (TPSA) is 29.5 Å². The molecule has 0 amide bonds. The van der Waals surface area contributed by atoms with Crippen LogP contribution in [0.5, 0.6) is 5.75 Å². The van der Waals surface area contributed by atoms with E-state index < -0.39 is 0 Å². The monoisotopic (exact) mass is 401 g/mol. The maximum absolute atomic E-state index is 13.3. The summed E-state index contributed by atoms with van der Waals surface area (Å²) in [6.45, 7) is 1.47. The minimum absolute atomic E-state index is 0.0571. The van der Waals surface area contributed by atoms with Crippen LogP contribution in [0.3, 0.4) is 0 Å². The van der Waals surface area contributed by atoms with Crippen LogP contribution in [-0.2, 0) is 13.0 Å². The fourth-order valence-corrected chi connectivity index (χ4v) is 4.36. The lowest BCUT2D eigenvalue weighted by Crippen LogP contribution is -2.29. The van der Waals surface area contributed by atoms with Gasteiger partial charge in [-0.1, -0.05) is 60.7 Å². The number of methoxy groups -OCH3 is 1. The van der Waals surface area contributed by atoms with Crippen molar-refractivity contribution in [2.24, 2.45) is 0 Å². The standard InChI is InChI=1S/C25H23NO2S/c1-28-21-12-13-24-22(16-21)25(27)23(18-29-24)26(17-20-10-6-3-7-11-20)15-14-19-8-4-2-5-9-19/h2-13,16,18H,14-15,17H2,1H3. The van der Waals surface area contributed by atoms with Gasteiger partial charge in [-0.25, -0.2) is 0 Å². The van der Waals surface area contributed by atoms with Gasteiger partial charge in [-0.05, 0) is 35.7 Å². The molecule has 4 rings (SSSR count). The lowest BCUT2D eigenvalue weighted by molar-refractivity contribution is 0.415. The molecule has 4 heteroatoms. The zero-order valence-corrected chi connectivity index (χ0v) is 17.2. The number of anilines is 1. The molecule has 0 aliphatic heterocycles. The van der Waals surface area contributed by atoms with Crippen LogP contribution in [-0.4, -0.2) is 13.7 Å². The molecule has 146 valence electrons. The van der Waals surface area contributed by atoms with Crippen LogP contribution in [0.4, 0.5) is 5.69 Å². The summed E-state index contributed by atoms with van der Waals surface area (Å²) in [6.07, 6.45) is 0.883. The zero-order valence-electron chi connectivity index (χ0n) is 16.4. The predicted molar refractivity (Wildman–Crippen MR) is 122 cm³/mol. The quantitative estimate of drug-likeness (QED) is 0.408. The Kier molecular flexibility index (Phi) is 5.92. The highest BCUT2D eigenvalue weighted by Crippen LogP contribution is 2.26. The number of hydrogen-bond donors (Lipinski definition) is 0. The molecule has 0 aliphatic rings. The number of rotatable bonds is 7. The van der Waals surface area contributed by atoms with E-state index in [1.165, 1.54) is 11.1 Å². The van der Waals surface area contributed by atoms with Crippen molar-refractivity contribution in [2.75, 3.05) is 18.6 Å². The summed E-state index contributed by atoms with van der Waals surface area (Å²) in [5, 5.41) is 2.70. The Morgan fingerprint density at radius 1 is 0.897 bits per heavy atom. The van der Waals surface area contributed by atoms with Crippen molar-refractivity contribution in [3.8, 4) is 5.75 Å². The summed E-state index contributed by atoms with van der Waals surface area (Å²) in [5.74, 6) is 0.706. The lowest BCUT2D eigenvalue weighted by Gasteiger charge is -2.24. The van der Waals surface area contributed by atoms with Crippen molar-refractivity contribution in [3.05, 3.63) is 106 Å². The number of fused-ring (bicyclic) bond motifs is 1. The molecule has 1 heterocycles. The molecule has 3 aromatic carbocycles. The summed E-state index contributed by atoms with van der Waals surface area (Å²) in [7, 11) is 1.63. The second-order valence-electron chi connectivity index (χ2n) is 6.95. The summed E-state index contributed by atoms with van der Waals surface area (Å²) in [6, 6.07) is 26.4. The third-order valence-electron chi connectivity index (χ3n) is 5.03. The van der Waals surface area contributed by atoms with Gasteiger partial charge in [0.25, 0.3) is 0 Å². The molecule has 0 aliphatic carbocycles. The molecule has 0 radical (unpaired) electrons. The first kappa shape index (κ1) is 19.2. The van der Waals surface area contributed by atoms with Crippen LogP contribution in [0.25, 0.3) is 10.1 Å². The van der Waals surface area contributed by atoms with Crippen molar-refractivity contribution in [3.63, 3.8) is 0 Å². The highest BCUT2D eigenvalue weighted by atomic mass is 32.1. The highest BCUT2D eigenvalue weighted by Gasteiger charge is 2.14. The van der Waals surface area contributed by atoms with Gasteiger partial charge in [-0.2, -0.15) is 0 Å². The second kappa shape index (κ2) is 8.93. The molecule has 0 N–H and O–H groups in total. The largest absolute Gasteiger partial charge is 0.497 e. The number of hydrogen-bond acceptors (Lipinski definition) is 4. The van der Waals surface area contributed by atoms with Crippen LogP contribution in [0.1, 0.15) is 11.1 Å². The first-order valence-corrected chi connectivity index (χ1v) is 10.5. The molecular formula is C25H23NO2S. The van der Waals surface area contributed by atoms with Crippen LogP contribution in [0.15, 0.2) is 89.0 Å². The van der Waals surface area contributed by atoms with E-state index in [2.05, 4.69) is 41.3 Å². The first-order valence-electron chi connectivity index (χ1n) is 9.67. The summed E-state index contributed by atoms with van der Waals surface area (Å²) in [5.41, 5.74) is 3.26. The molecule has 4 aromatic rings. The zero-order chi connectivity index (χ0) is 20.1. The van der Waals surface area contributed by atoms with Gasteiger partial charge in [-0.15, -0.1) is 11.3 Å². The van der Waals surface area contributed by atoms with Crippen LogP contribution in [0.2, 0.25) is 0 Å². The van der Waals surface area contributed by atoms with E-state index in [9.17, 15) is 4.79 Å². The maximum Gasteiger partial charge on any atom is 0.211 e. The summed E-state index contributed by atoms with van der Waals surface area (Å²) >= 11 is 1.60. The lowest BCUT2D eigenvalue weighted by atomic mass is 10.1. The molecule has 0 fully saturated rings. The van der Waals surface area contributed by atoms with Gasteiger partial charge >= 0.3 is 0 Å². The Bertz CT molecular complexity index is 1140. The molecule has 0 unspecified atom stereocenters. The van der Waals surface area contributed by atoms with E-state index in [0.29, 0.717) is 17.7 Å². The Morgan fingerprint density at radius 3 is 2.28 bits per heavy atom. The number of ether oxygens (including phenoxy) is 1. The predicted octanol–water partition coefficient (Wildman–Crippen LogP) is 5.52. The van der Waals surface area contributed by atoms with E-state index in [1.54, 1.807) is 18.4 Å². The fraction of sp³-hybridized carbons (Fsp3) is 0.160. The van der Waals surface area contributed by atoms with Crippen molar-refractivity contribution >= 4 is 27.1 Å². The van der Waals surface area contributed by atoms with Gasteiger partial charge in [-0.3, -0.25) is 4.79 Å². The van der Waals surface area contributed by atoms with Crippen molar-refractivity contribution in [1.29, 1.82) is 0 Å². The van der Waals surface area contributed by atoms with Crippen molar-refractivity contribution < 1.29 is 4.74 Å². The van der Waals surface area contributed by atoms with E-state index in [-0.39, 0.29) is 5.43 Å². The molecule has 29 heavy (non-hydrogen) atoms. The van der Waals surface area contributed by atoms with E-state index in [1.807, 2.05) is 47.8 Å². The molecule has 0 spiro atoms. The van der Waals surface area contributed by atoms with E-state index in [0.717, 1.165) is 23.4 Å². The maximum atomic E-state index is 13.3. The average molecular weight is 402 g/mol. The van der Waals surface area contributed by atoms with Gasteiger partial charge in [0.2, 0.25) is 5.43 Å². The van der Waals surface area contributed by atoms with Gasteiger partial charge < -0.3 is 9.64 Å². The molecule has 0 saturated heterocycles. The molecule has 1 aromatic heterocycles. The highest BCUT2D eigenvalue weighted by molar-refractivity contribution is 7.16. The smallest absolute Gasteiger partial charge is 0.211 e. The Labute approximate surface area is 174 Å². The van der Waals surface area contributed by atoms with Crippen LogP contribution in [0, 0.1) is 0 Å². The molecule has 3 nitrogen and oxygen atoms in total. The third kappa shape index (κ3) is 4.49. The van der Waals surface area contributed by atoms with Crippen molar-refractivity contribution in [2.45, 2.75) is 13.0 Å². The van der Waals surface area contributed by atoms with Gasteiger partial charge in [0.1, 0.15) is 5.75 Å². The average Bonchev–Trinajstić information content (AvgIpc) is 2.78.